The summed E-state index contributed by atoms with van der Waals surface area (Å²) < 4.78 is 23.6. The maximum Gasteiger partial charge on any atom is 0.187 e. The van der Waals surface area contributed by atoms with Crippen molar-refractivity contribution in [3.05, 3.63) is 0 Å². The van der Waals surface area contributed by atoms with Gasteiger partial charge in [-0.05, 0) is 12.8 Å². The zero-order valence-electron chi connectivity index (χ0n) is 37.2. The molecular weight excluding hydrogens is 741 g/mol. The first-order valence-electron chi connectivity index (χ1n) is 24.5. The van der Waals surface area contributed by atoms with Gasteiger partial charge in [-0.15, -0.1) is 0 Å². The summed E-state index contributed by atoms with van der Waals surface area (Å²) in [5.41, 5.74) is 0. The van der Waals surface area contributed by atoms with Crippen LogP contribution in [0.2, 0.25) is 0 Å². The standard InChI is InChI=1S/C47H92O11/c1-3-5-7-9-11-13-15-17-19-21-23-25-27-29-31-33-37(34-32-30-28-26-24-22-20-18-16-14-12-10-8-6-4-2)55-46-44(54)42(52)45(39(36-49)57-46)58-47-43(53)41(51)40(50)38(35-48)56-47/h37-54H,3-36H2,1-2H3. The molecule has 2 aliphatic heterocycles. The van der Waals surface area contributed by atoms with E-state index in [0.717, 1.165) is 38.5 Å². The van der Waals surface area contributed by atoms with Crippen molar-refractivity contribution in [3.63, 3.8) is 0 Å². The maximum absolute atomic E-state index is 11.2. The zero-order valence-corrected chi connectivity index (χ0v) is 37.2. The van der Waals surface area contributed by atoms with Crippen LogP contribution in [-0.4, -0.2) is 116 Å². The fourth-order valence-electron chi connectivity index (χ4n) is 8.62. The Morgan fingerprint density at radius 3 is 1.07 bits per heavy atom. The van der Waals surface area contributed by atoms with Crippen molar-refractivity contribution in [2.45, 2.75) is 287 Å². The third kappa shape index (κ3) is 22.6. The Hall–Kier alpha value is -0.440. The number of aliphatic hydroxyl groups is 7. The molecule has 58 heavy (non-hydrogen) atoms. The van der Waals surface area contributed by atoms with E-state index in [4.69, 9.17) is 18.9 Å². The van der Waals surface area contributed by atoms with Crippen molar-refractivity contribution in [1.82, 2.24) is 0 Å². The third-order valence-corrected chi connectivity index (χ3v) is 12.5. The van der Waals surface area contributed by atoms with E-state index in [1.165, 1.54) is 167 Å². The highest BCUT2D eigenvalue weighted by Gasteiger charge is 2.51. The van der Waals surface area contributed by atoms with Gasteiger partial charge in [0.2, 0.25) is 0 Å². The zero-order chi connectivity index (χ0) is 42.2. The molecule has 2 saturated heterocycles. The van der Waals surface area contributed by atoms with E-state index >= 15 is 0 Å². The molecule has 0 radical (unpaired) electrons. The molecule has 0 aliphatic carbocycles. The van der Waals surface area contributed by atoms with Crippen molar-refractivity contribution in [2.75, 3.05) is 13.2 Å². The molecule has 0 spiro atoms. The number of ether oxygens (including phenoxy) is 4. The fourth-order valence-corrected chi connectivity index (χ4v) is 8.62. The van der Waals surface area contributed by atoms with Crippen LogP contribution in [0.15, 0.2) is 0 Å². The lowest BCUT2D eigenvalue weighted by atomic mass is 9.96. The predicted molar refractivity (Wildman–Crippen MR) is 230 cm³/mol. The third-order valence-electron chi connectivity index (χ3n) is 12.5. The second-order valence-corrected chi connectivity index (χ2v) is 17.7. The lowest BCUT2D eigenvalue weighted by Gasteiger charge is -2.46. The quantitative estimate of drug-likeness (QED) is 0.0297. The molecular formula is C47H92O11. The van der Waals surface area contributed by atoms with Gasteiger partial charge in [0, 0.05) is 0 Å². The highest BCUT2D eigenvalue weighted by molar-refractivity contribution is 4.94. The van der Waals surface area contributed by atoms with Crippen molar-refractivity contribution in [3.8, 4) is 0 Å². The first-order chi connectivity index (χ1) is 28.3. The van der Waals surface area contributed by atoms with E-state index in [2.05, 4.69) is 13.8 Å². The summed E-state index contributed by atoms with van der Waals surface area (Å²) in [6, 6.07) is 0. The fraction of sp³-hybridized carbons (Fsp3) is 1.00. The van der Waals surface area contributed by atoms with Crippen LogP contribution >= 0.6 is 0 Å². The molecule has 2 fully saturated rings. The topological polar surface area (TPSA) is 179 Å². The molecule has 346 valence electrons. The number of hydrogen-bond acceptors (Lipinski definition) is 11. The Bertz CT molecular complexity index is 876. The average Bonchev–Trinajstić information content (AvgIpc) is 3.23. The minimum absolute atomic E-state index is 0.182. The Morgan fingerprint density at radius 1 is 0.379 bits per heavy atom. The molecule has 0 aromatic rings. The van der Waals surface area contributed by atoms with Gasteiger partial charge in [-0.3, -0.25) is 0 Å². The minimum Gasteiger partial charge on any atom is -0.394 e. The molecule has 11 nitrogen and oxygen atoms in total. The van der Waals surface area contributed by atoms with Crippen LogP contribution in [0.25, 0.3) is 0 Å². The van der Waals surface area contributed by atoms with Gasteiger partial charge >= 0.3 is 0 Å². The Balaban J connectivity index is 1.78. The smallest absolute Gasteiger partial charge is 0.187 e. The molecule has 2 heterocycles. The van der Waals surface area contributed by atoms with Crippen molar-refractivity contribution >= 4 is 0 Å². The van der Waals surface area contributed by atoms with Crippen LogP contribution < -0.4 is 0 Å². The van der Waals surface area contributed by atoms with E-state index in [9.17, 15) is 35.7 Å². The number of hydrogen-bond donors (Lipinski definition) is 7. The second-order valence-electron chi connectivity index (χ2n) is 17.7. The molecule has 10 atom stereocenters. The van der Waals surface area contributed by atoms with Crippen LogP contribution in [0.5, 0.6) is 0 Å². The lowest BCUT2D eigenvalue weighted by molar-refractivity contribution is -0.363. The molecule has 11 heteroatoms. The van der Waals surface area contributed by atoms with Crippen LogP contribution in [0, 0.1) is 0 Å². The average molecular weight is 833 g/mol. The van der Waals surface area contributed by atoms with Gasteiger partial charge < -0.3 is 54.7 Å². The Morgan fingerprint density at radius 2 is 0.707 bits per heavy atom. The largest absolute Gasteiger partial charge is 0.394 e. The van der Waals surface area contributed by atoms with E-state index in [1.54, 1.807) is 0 Å². The van der Waals surface area contributed by atoms with Crippen molar-refractivity contribution in [1.29, 1.82) is 0 Å². The molecule has 0 aromatic carbocycles. The minimum atomic E-state index is -1.70. The van der Waals surface area contributed by atoms with Gasteiger partial charge in [0.05, 0.1) is 19.3 Å². The summed E-state index contributed by atoms with van der Waals surface area (Å²) in [4.78, 5) is 0. The highest BCUT2D eigenvalue weighted by atomic mass is 16.7. The summed E-state index contributed by atoms with van der Waals surface area (Å²) in [6.45, 7) is 3.32. The number of aliphatic hydroxyl groups excluding tert-OH is 7. The summed E-state index contributed by atoms with van der Waals surface area (Å²) >= 11 is 0. The van der Waals surface area contributed by atoms with Crippen molar-refractivity contribution in [2.24, 2.45) is 0 Å². The molecule has 2 aliphatic rings. The normalized spacial score (nSPS) is 27.8. The first kappa shape index (κ1) is 53.7. The van der Waals surface area contributed by atoms with Gasteiger partial charge in [0.1, 0.15) is 48.8 Å². The van der Waals surface area contributed by atoms with Crippen LogP contribution in [-0.2, 0) is 18.9 Å². The monoisotopic (exact) mass is 833 g/mol. The van der Waals surface area contributed by atoms with E-state index in [0.29, 0.717) is 0 Å². The van der Waals surface area contributed by atoms with Crippen LogP contribution in [0.3, 0.4) is 0 Å². The van der Waals surface area contributed by atoms with Crippen LogP contribution in [0.1, 0.15) is 219 Å². The van der Waals surface area contributed by atoms with Crippen LogP contribution in [0.4, 0.5) is 0 Å². The molecule has 7 N–H and O–H groups in total. The molecule has 10 unspecified atom stereocenters. The molecule has 0 saturated carbocycles. The van der Waals surface area contributed by atoms with E-state index in [1.807, 2.05) is 0 Å². The first-order valence-corrected chi connectivity index (χ1v) is 24.5. The van der Waals surface area contributed by atoms with Crippen molar-refractivity contribution < 1.29 is 54.7 Å². The molecule has 0 aromatic heterocycles. The van der Waals surface area contributed by atoms with Gasteiger partial charge in [-0.25, -0.2) is 0 Å². The maximum atomic E-state index is 11.2. The summed E-state index contributed by atoms with van der Waals surface area (Å²) in [5, 5.41) is 73.0. The Kier molecular flexibility index (Phi) is 32.5. The predicted octanol–water partition coefficient (Wildman–Crippen LogP) is 8.52. The Labute approximate surface area is 354 Å². The second kappa shape index (κ2) is 35.1. The summed E-state index contributed by atoms with van der Waals surface area (Å²) in [6.07, 6.45) is 25.8. The summed E-state index contributed by atoms with van der Waals surface area (Å²) in [5.74, 6) is 0. The lowest BCUT2D eigenvalue weighted by Crippen LogP contribution is -2.64. The van der Waals surface area contributed by atoms with Gasteiger partial charge in [0.15, 0.2) is 12.6 Å². The van der Waals surface area contributed by atoms with E-state index < -0.39 is 74.6 Å². The summed E-state index contributed by atoms with van der Waals surface area (Å²) in [7, 11) is 0. The number of unbranched alkanes of at least 4 members (excludes halogenated alkanes) is 28. The van der Waals surface area contributed by atoms with Gasteiger partial charge in [0.25, 0.3) is 0 Å². The molecule has 0 amide bonds. The SMILES string of the molecule is CCCCCCCCCCCCCCCCCC(CCCCCCCCCCCCCCCCC)OC1OC(CO)C(OC2OC(CO)C(O)C(O)C2O)C(O)C1O. The molecule has 2 rings (SSSR count). The van der Waals surface area contributed by atoms with Gasteiger partial charge in [-0.2, -0.15) is 0 Å². The molecule has 0 bridgehead atoms. The number of rotatable bonds is 38. The highest BCUT2D eigenvalue weighted by Crippen LogP contribution is 2.31. The van der Waals surface area contributed by atoms with Gasteiger partial charge in [-0.1, -0.05) is 206 Å². The van der Waals surface area contributed by atoms with E-state index in [-0.39, 0.29) is 6.10 Å².